The van der Waals surface area contributed by atoms with Gasteiger partial charge in [-0.1, -0.05) is 0 Å². The van der Waals surface area contributed by atoms with Gasteiger partial charge >= 0.3 is 0 Å². The molecule has 0 aromatic carbocycles. The first-order chi connectivity index (χ1) is 11.8. The lowest BCUT2D eigenvalue weighted by molar-refractivity contribution is -0.688. The van der Waals surface area contributed by atoms with Gasteiger partial charge in [0.1, 0.15) is 25.5 Å². The van der Waals surface area contributed by atoms with E-state index in [1.54, 1.807) is 0 Å². The molecule has 0 spiro atoms. The summed E-state index contributed by atoms with van der Waals surface area (Å²) in [7, 11) is 0. The van der Waals surface area contributed by atoms with Crippen molar-refractivity contribution in [3.05, 3.63) is 89.3 Å². The second-order valence-corrected chi connectivity index (χ2v) is 6.64. The normalized spacial score (nSPS) is 14.0. The predicted molar refractivity (Wildman–Crippen MR) is 90.8 cm³/mol. The lowest BCUT2D eigenvalue weighted by Gasteiger charge is -2.00. The number of rotatable bonds is 0. The summed E-state index contributed by atoms with van der Waals surface area (Å²) in [6.45, 7) is 1.72. The van der Waals surface area contributed by atoms with Gasteiger partial charge in [0.25, 0.3) is 0 Å². The number of hydrogen-bond acceptors (Lipinski definition) is 0. The van der Waals surface area contributed by atoms with Crippen molar-refractivity contribution >= 4 is 0 Å². The summed E-state index contributed by atoms with van der Waals surface area (Å²) in [4.78, 5) is 10.6. The van der Waals surface area contributed by atoms with Gasteiger partial charge in [-0.3, -0.25) is 0 Å². The van der Waals surface area contributed by atoms with Crippen molar-refractivity contribution in [2.45, 2.75) is 25.9 Å². The molecule has 0 amide bonds. The molecule has 120 valence electrons. The molecule has 4 aromatic rings. The van der Waals surface area contributed by atoms with E-state index in [2.05, 4.69) is 79.2 Å². The van der Waals surface area contributed by atoms with Crippen molar-refractivity contribution < 1.29 is 4.57 Å². The van der Waals surface area contributed by atoms with E-state index >= 15 is 0 Å². The smallest absolute Gasteiger partial charge is 0.244 e. The number of nitrogens with zero attached hydrogens (tertiary/aromatic N) is 2. The standard InChI is InChI=1S/C19H20N5/c1-2-15-10-17-4-6-19(22-17)12-24-8-7-23(13-24)11-18-5-3-16(21-18)9-14(1)20-15/h1-8,13,20-22H,9-12H2/q+1. The van der Waals surface area contributed by atoms with Crippen LogP contribution in [0.5, 0.6) is 0 Å². The number of fused-ring (bicyclic) bond motifs is 8. The summed E-state index contributed by atoms with van der Waals surface area (Å²) in [5, 5.41) is 0. The molecule has 5 rings (SSSR count). The topological polar surface area (TPSA) is 56.2 Å². The van der Waals surface area contributed by atoms with Crippen molar-refractivity contribution in [2.75, 3.05) is 0 Å². The largest absolute Gasteiger partial charge is 0.362 e. The average molecular weight is 318 g/mol. The molecule has 3 N–H and O–H groups in total. The highest BCUT2D eigenvalue weighted by molar-refractivity contribution is 5.25. The predicted octanol–water partition coefficient (Wildman–Crippen LogP) is 2.35. The molecule has 0 saturated carbocycles. The first-order valence-corrected chi connectivity index (χ1v) is 8.35. The Morgan fingerprint density at radius 2 is 1.25 bits per heavy atom. The molecule has 5 heteroatoms. The van der Waals surface area contributed by atoms with Crippen molar-refractivity contribution in [1.29, 1.82) is 0 Å². The summed E-state index contributed by atoms with van der Waals surface area (Å²) >= 11 is 0. The summed E-state index contributed by atoms with van der Waals surface area (Å²) in [6.07, 6.45) is 8.21. The Hall–Kier alpha value is -2.95. The Bertz CT molecular complexity index is 754. The lowest BCUT2D eigenvalue weighted by atomic mass is 10.2. The zero-order valence-electron chi connectivity index (χ0n) is 13.4. The maximum Gasteiger partial charge on any atom is 0.244 e. The molecule has 4 aromatic heterocycles. The summed E-state index contributed by atoms with van der Waals surface area (Å²) in [5.74, 6) is 0. The van der Waals surface area contributed by atoms with E-state index in [0.29, 0.717) is 0 Å². The van der Waals surface area contributed by atoms with Gasteiger partial charge in [0.2, 0.25) is 6.33 Å². The zero-order chi connectivity index (χ0) is 15.9. The van der Waals surface area contributed by atoms with E-state index in [-0.39, 0.29) is 0 Å². The molecule has 24 heavy (non-hydrogen) atoms. The van der Waals surface area contributed by atoms with Crippen LogP contribution in [0, 0.1) is 0 Å². The summed E-state index contributed by atoms with van der Waals surface area (Å²) in [5.41, 5.74) is 7.44. The van der Waals surface area contributed by atoms with E-state index in [1.807, 2.05) is 0 Å². The van der Waals surface area contributed by atoms with Crippen LogP contribution in [0.15, 0.2) is 55.1 Å². The third-order valence-corrected chi connectivity index (χ3v) is 4.63. The number of hydrogen-bond donors (Lipinski definition) is 3. The van der Waals surface area contributed by atoms with Gasteiger partial charge in [-0.15, -0.1) is 0 Å². The fourth-order valence-electron chi connectivity index (χ4n) is 3.50. The maximum atomic E-state index is 3.54. The van der Waals surface area contributed by atoms with Gasteiger partial charge in [0.05, 0.1) is 11.4 Å². The summed E-state index contributed by atoms with van der Waals surface area (Å²) < 4.78 is 4.41. The van der Waals surface area contributed by atoms with Crippen LogP contribution in [0.2, 0.25) is 0 Å². The number of nitrogens with one attached hydrogen (secondary N) is 3. The van der Waals surface area contributed by atoms with Gasteiger partial charge in [-0.25, -0.2) is 9.13 Å². The fraction of sp³-hybridized carbons (Fsp3) is 0.211. The summed E-state index contributed by atoms with van der Waals surface area (Å²) in [6, 6.07) is 13.1. The second-order valence-electron chi connectivity index (χ2n) is 6.64. The molecule has 1 aliphatic rings. The number of H-pyrrole nitrogens is 3. The highest BCUT2D eigenvalue weighted by Gasteiger charge is 2.11. The molecule has 5 heterocycles. The van der Waals surface area contributed by atoms with E-state index in [9.17, 15) is 0 Å². The maximum absolute atomic E-state index is 3.54. The third kappa shape index (κ3) is 2.58. The molecular weight excluding hydrogens is 298 g/mol. The van der Waals surface area contributed by atoms with Crippen LogP contribution < -0.4 is 4.57 Å². The van der Waals surface area contributed by atoms with E-state index in [1.165, 1.54) is 34.2 Å². The molecule has 0 saturated heterocycles. The van der Waals surface area contributed by atoms with Crippen LogP contribution in [0.3, 0.4) is 0 Å². The van der Waals surface area contributed by atoms with Crippen molar-refractivity contribution in [3.8, 4) is 0 Å². The highest BCUT2D eigenvalue weighted by atomic mass is 15.1. The molecule has 0 atom stereocenters. The second kappa shape index (κ2) is 5.30. The monoisotopic (exact) mass is 318 g/mol. The Labute approximate surface area is 140 Å². The SMILES string of the molecule is c1cc2[nH]c1Cc1ccc([nH]1)Cn1cc[n+](c1)Cc1ccc([nH]1)C2. The first kappa shape index (κ1) is 13.5. The van der Waals surface area contributed by atoms with Gasteiger partial charge in [-0.2, -0.15) is 0 Å². The molecule has 8 bridgehead atoms. The highest BCUT2D eigenvalue weighted by Crippen LogP contribution is 2.14. The minimum atomic E-state index is 0.860. The van der Waals surface area contributed by atoms with Crippen molar-refractivity contribution in [3.63, 3.8) is 0 Å². The molecule has 0 aliphatic carbocycles. The fourth-order valence-corrected chi connectivity index (χ4v) is 3.50. The molecular formula is C19H20N5+. The Balaban J connectivity index is 1.54. The minimum Gasteiger partial charge on any atom is -0.362 e. The number of aromatic nitrogens is 5. The first-order valence-electron chi connectivity index (χ1n) is 8.35. The van der Waals surface area contributed by atoms with Crippen LogP contribution in [-0.2, 0) is 25.9 Å². The molecule has 0 fully saturated rings. The van der Waals surface area contributed by atoms with Gasteiger partial charge in [0, 0.05) is 35.6 Å². The van der Waals surface area contributed by atoms with Crippen LogP contribution in [-0.4, -0.2) is 19.5 Å². The molecule has 1 aliphatic heterocycles. The van der Waals surface area contributed by atoms with Crippen molar-refractivity contribution in [1.82, 2.24) is 19.5 Å². The van der Waals surface area contributed by atoms with Crippen LogP contribution in [0.4, 0.5) is 0 Å². The average Bonchev–Trinajstić information content (AvgIpc) is 3.32. The van der Waals surface area contributed by atoms with Gasteiger partial charge in [-0.05, 0) is 36.4 Å². The Kier molecular flexibility index (Phi) is 2.98. The molecule has 0 radical (unpaired) electrons. The zero-order valence-corrected chi connectivity index (χ0v) is 13.4. The van der Waals surface area contributed by atoms with E-state index in [0.717, 1.165) is 25.9 Å². The van der Waals surface area contributed by atoms with E-state index in [4.69, 9.17) is 0 Å². The van der Waals surface area contributed by atoms with Crippen LogP contribution in [0.25, 0.3) is 0 Å². The Morgan fingerprint density at radius 3 is 1.96 bits per heavy atom. The quantitative estimate of drug-likeness (QED) is 0.367. The van der Waals surface area contributed by atoms with Gasteiger partial charge in [0.15, 0.2) is 0 Å². The molecule has 5 nitrogen and oxygen atoms in total. The van der Waals surface area contributed by atoms with Crippen LogP contribution in [0.1, 0.15) is 34.2 Å². The lowest BCUT2D eigenvalue weighted by Crippen LogP contribution is -2.31. The van der Waals surface area contributed by atoms with Crippen molar-refractivity contribution in [2.24, 2.45) is 0 Å². The van der Waals surface area contributed by atoms with E-state index < -0.39 is 0 Å². The molecule has 0 unspecified atom stereocenters. The minimum absolute atomic E-state index is 0.860. The Morgan fingerprint density at radius 1 is 0.708 bits per heavy atom. The third-order valence-electron chi connectivity index (χ3n) is 4.63. The number of aromatic amines is 3. The van der Waals surface area contributed by atoms with Crippen LogP contribution >= 0.6 is 0 Å². The number of imidazole rings is 1. The van der Waals surface area contributed by atoms with Gasteiger partial charge < -0.3 is 15.0 Å².